The molecule has 1 rings (SSSR count). The van der Waals surface area contributed by atoms with Crippen molar-refractivity contribution in [2.75, 3.05) is 13.6 Å². The summed E-state index contributed by atoms with van der Waals surface area (Å²) >= 11 is 0. The van der Waals surface area contributed by atoms with Crippen LogP contribution in [0, 0.1) is 5.92 Å². The fourth-order valence-electron chi connectivity index (χ4n) is 2.48. The second kappa shape index (κ2) is 4.97. The van der Waals surface area contributed by atoms with Crippen LogP contribution in [0.25, 0.3) is 0 Å². The first-order chi connectivity index (χ1) is 6.26. The highest BCUT2D eigenvalue weighted by Crippen LogP contribution is 2.33. The van der Waals surface area contributed by atoms with Crippen LogP contribution in [0.15, 0.2) is 0 Å². The monoisotopic (exact) mass is 184 g/mol. The summed E-state index contributed by atoms with van der Waals surface area (Å²) in [7, 11) is 2.05. The van der Waals surface area contributed by atoms with Crippen molar-refractivity contribution in [1.29, 1.82) is 0 Å². The van der Waals surface area contributed by atoms with E-state index in [1.54, 1.807) is 0 Å². The van der Waals surface area contributed by atoms with Gasteiger partial charge in [-0.3, -0.25) is 0 Å². The van der Waals surface area contributed by atoms with Crippen LogP contribution in [0.1, 0.15) is 45.4 Å². The second-order valence-electron chi connectivity index (χ2n) is 4.47. The Bertz CT molecular complexity index is 131. The number of hydrogen-bond donors (Lipinski definition) is 2. The Morgan fingerprint density at radius 2 is 2.00 bits per heavy atom. The Balaban J connectivity index is 2.36. The van der Waals surface area contributed by atoms with Crippen LogP contribution in [0.4, 0.5) is 0 Å². The van der Waals surface area contributed by atoms with Crippen LogP contribution in [-0.2, 0) is 0 Å². The number of rotatable bonds is 4. The molecule has 0 heterocycles. The second-order valence-corrected chi connectivity index (χ2v) is 4.47. The minimum absolute atomic E-state index is 0.268. The van der Waals surface area contributed by atoms with Gasteiger partial charge in [0.2, 0.25) is 0 Å². The van der Waals surface area contributed by atoms with Gasteiger partial charge in [-0.2, -0.15) is 0 Å². The van der Waals surface area contributed by atoms with Crippen LogP contribution < -0.4 is 11.1 Å². The lowest BCUT2D eigenvalue weighted by atomic mass is 9.75. The van der Waals surface area contributed by atoms with E-state index in [4.69, 9.17) is 5.73 Å². The molecular formula is C11H24N2. The number of nitrogens with two attached hydrogens (primary N) is 1. The third-order valence-corrected chi connectivity index (χ3v) is 3.68. The zero-order chi connectivity index (χ0) is 9.73. The maximum absolute atomic E-state index is 5.81. The van der Waals surface area contributed by atoms with Gasteiger partial charge in [-0.25, -0.2) is 0 Å². The van der Waals surface area contributed by atoms with Crippen molar-refractivity contribution in [3.8, 4) is 0 Å². The Morgan fingerprint density at radius 3 is 2.38 bits per heavy atom. The first kappa shape index (κ1) is 11.0. The summed E-state index contributed by atoms with van der Waals surface area (Å²) in [5.41, 5.74) is 6.07. The van der Waals surface area contributed by atoms with Gasteiger partial charge < -0.3 is 11.1 Å². The molecule has 1 saturated carbocycles. The first-order valence-corrected chi connectivity index (χ1v) is 5.65. The van der Waals surface area contributed by atoms with Crippen molar-refractivity contribution >= 4 is 0 Å². The normalized spacial score (nSPS) is 34.8. The van der Waals surface area contributed by atoms with Crippen LogP contribution in [0.5, 0.6) is 0 Å². The number of likely N-dealkylation sites (N-methyl/N-ethyl adjacent to an activating group) is 1. The summed E-state index contributed by atoms with van der Waals surface area (Å²) < 4.78 is 0. The van der Waals surface area contributed by atoms with Crippen molar-refractivity contribution < 1.29 is 0 Å². The van der Waals surface area contributed by atoms with E-state index in [-0.39, 0.29) is 5.54 Å². The quantitative estimate of drug-likeness (QED) is 0.700. The maximum atomic E-state index is 5.81. The Labute approximate surface area is 82.3 Å². The van der Waals surface area contributed by atoms with E-state index < -0.39 is 0 Å². The topological polar surface area (TPSA) is 38.0 Å². The SMILES string of the molecule is CCCC1CCC(CN)(NC)CC1. The van der Waals surface area contributed by atoms with E-state index in [9.17, 15) is 0 Å². The molecule has 0 saturated heterocycles. The standard InChI is InChI=1S/C11H24N2/c1-3-4-10-5-7-11(9-12,13-2)8-6-10/h10,13H,3-9,12H2,1-2H3. The largest absolute Gasteiger partial charge is 0.329 e. The molecule has 0 amide bonds. The van der Waals surface area contributed by atoms with E-state index in [1.807, 2.05) is 7.05 Å². The summed E-state index contributed by atoms with van der Waals surface area (Å²) in [6, 6.07) is 0. The minimum Gasteiger partial charge on any atom is -0.329 e. The zero-order valence-electron chi connectivity index (χ0n) is 9.10. The van der Waals surface area contributed by atoms with E-state index in [2.05, 4.69) is 12.2 Å². The van der Waals surface area contributed by atoms with Crippen molar-refractivity contribution in [3.05, 3.63) is 0 Å². The molecule has 13 heavy (non-hydrogen) atoms. The Morgan fingerprint density at radius 1 is 1.38 bits per heavy atom. The minimum atomic E-state index is 0.268. The third-order valence-electron chi connectivity index (χ3n) is 3.68. The molecule has 0 atom stereocenters. The molecule has 78 valence electrons. The van der Waals surface area contributed by atoms with Crippen LogP contribution >= 0.6 is 0 Å². The molecule has 0 aromatic heterocycles. The van der Waals surface area contributed by atoms with Gasteiger partial charge in [-0.05, 0) is 38.6 Å². The van der Waals surface area contributed by atoms with Crippen molar-refractivity contribution in [2.45, 2.75) is 51.0 Å². The van der Waals surface area contributed by atoms with E-state index in [0.717, 1.165) is 12.5 Å². The van der Waals surface area contributed by atoms with Crippen molar-refractivity contribution in [2.24, 2.45) is 11.7 Å². The Kier molecular flexibility index (Phi) is 4.20. The lowest BCUT2D eigenvalue weighted by molar-refractivity contribution is 0.198. The number of hydrogen-bond acceptors (Lipinski definition) is 2. The zero-order valence-corrected chi connectivity index (χ0v) is 9.10. The molecule has 1 aliphatic rings. The average Bonchev–Trinajstić information content (AvgIpc) is 2.20. The van der Waals surface area contributed by atoms with Crippen molar-refractivity contribution in [3.63, 3.8) is 0 Å². The van der Waals surface area contributed by atoms with E-state index in [0.29, 0.717) is 0 Å². The summed E-state index contributed by atoms with van der Waals surface area (Å²) in [6.45, 7) is 3.07. The van der Waals surface area contributed by atoms with Crippen LogP contribution in [0.3, 0.4) is 0 Å². The summed E-state index contributed by atoms with van der Waals surface area (Å²) in [5, 5.41) is 3.40. The van der Waals surface area contributed by atoms with Gasteiger partial charge in [0.25, 0.3) is 0 Å². The fraction of sp³-hybridized carbons (Fsp3) is 1.00. The maximum Gasteiger partial charge on any atom is 0.0301 e. The summed E-state index contributed by atoms with van der Waals surface area (Å²) in [6.07, 6.45) is 8.01. The van der Waals surface area contributed by atoms with Gasteiger partial charge in [0.15, 0.2) is 0 Å². The molecule has 0 radical (unpaired) electrons. The highest BCUT2D eigenvalue weighted by atomic mass is 15.0. The molecular weight excluding hydrogens is 160 g/mol. The molecule has 2 nitrogen and oxygen atoms in total. The first-order valence-electron chi connectivity index (χ1n) is 5.65. The molecule has 0 unspecified atom stereocenters. The third kappa shape index (κ3) is 2.68. The van der Waals surface area contributed by atoms with Gasteiger partial charge in [-0.15, -0.1) is 0 Å². The molecule has 2 heteroatoms. The molecule has 0 spiro atoms. The van der Waals surface area contributed by atoms with Crippen molar-refractivity contribution in [1.82, 2.24) is 5.32 Å². The molecule has 1 fully saturated rings. The van der Waals surface area contributed by atoms with Crippen LogP contribution in [0.2, 0.25) is 0 Å². The lowest BCUT2D eigenvalue weighted by Crippen LogP contribution is -2.51. The molecule has 0 bridgehead atoms. The summed E-state index contributed by atoms with van der Waals surface area (Å²) in [4.78, 5) is 0. The smallest absolute Gasteiger partial charge is 0.0301 e. The van der Waals surface area contributed by atoms with Gasteiger partial charge in [0, 0.05) is 12.1 Å². The predicted octanol–water partition coefficient (Wildman–Crippen LogP) is 1.89. The van der Waals surface area contributed by atoms with Gasteiger partial charge >= 0.3 is 0 Å². The molecule has 0 aromatic rings. The number of nitrogens with one attached hydrogen (secondary N) is 1. The molecule has 1 aliphatic carbocycles. The molecule has 3 N–H and O–H groups in total. The average molecular weight is 184 g/mol. The highest BCUT2D eigenvalue weighted by Gasteiger charge is 2.31. The molecule has 0 aromatic carbocycles. The Hall–Kier alpha value is -0.0800. The van der Waals surface area contributed by atoms with Crippen LogP contribution in [-0.4, -0.2) is 19.1 Å². The lowest BCUT2D eigenvalue weighted by Gasteiger charge is -2.39. The van der Waals surface area contributed by atoms with Gasteiger partial charge in [0.1, 0.15) is 0 Å². The molecule has 0 aliphatic heterocycles. The summed E-state index contributed by atoms with van der Waals surface area (Å²) in [5.74, 6) is 0.970. The predicted molar refractivity (Wildman–Crippen MR) is 57.7 cm³/mol. The van der Waals surface area contributed by atoms with Gasteiger partial charge in [0.05, 0.1) is 0 Å². The van der Waals surface area contributed by atoms with E-state index >= 15 is 0 Å². The highest BCUT2D eigenvalue weighted by molar-refractivity contribution is 4.92. The van der Waals surface area contributed by atoms with E-state index in [1.165, 1.54) is 38.5 Å². The fourth-order valence-corrected chi connectivity index (χ4v) is 2.48. The van der Waals surface area contributed by atoms with Gasteiger partial charge in [-0.1, -0.05) is 19.8 Å².